The van der Waals surface area contributed by atoms with Crippen LogP contribution in [-0.4, -0.2) is 69.6 Å². The van der Waals surface area contributed by atoms with E-state index < -0.39 is 10.2 Å². The Balaban J connectivity index is 1.13. The Morgan fingerprint density at radius 1 is 1.00 bits per heavy atom. The Morgan fingerprint density at radius 3 is 2.39 bits per heavy atom. The maximum atomic E-state index is 12.6. The summed E-state index contributed by atoms with van der Waals surface area (Å²) < 4.78 is 36.1. The fourth-order valence-corrected chi connectivity index (χ4v) is 7.47. The Hall–Kier alpha value is -0.220. The molecule has 9 heteroatoms. The zero-order valence-electron chi connectivity index (χ0n) is 19.4. The van der Waals surface area contributed by atoms with Gasteiger partial charge in [0.25, 0.3) is 10.2 Å². The third-order valence-electron chi connectivity index (χ3n) is 7.55. The van der Waals surface area contributed by atoms with Crippen molar-refractivity contribution in [2.45, 2.75) is 57.4 Å². The van der Waals surface area contributed by atoms with Crippen LogP contribution in [0.1, 0.15) is 50.5 Å². The van der Waals surface area contributed by atoms with Crippen LogP contribution >= 0.6 is 27.5 Å². The molecule has 1 aromatic rings. The minimum atomic E-state index is -3.38. The first-order chi connectivity index (χ1) is 15.9. The summed E-state index contributed by atoms with van der Waals surface area (Å²) in [5, 5.41) is 0.814. The highest BCUT2D eigenvalue weighted by Gasteiger charge is 2.30. The van der Waals surface area contributed by atoms with Crippen LogP contribution in [-0.2, 0) is 21.4 Å². The monoisotopic (exact) mass is 561 g/mol. The van der Waals surface area contributed by atoms with Crippen molar-refractivity contribution in [1.29, 1.82) is 0 Å². The number of piperidine rings is 1. The van der Waals surface area contributed by atoms with Gasteiger partial charge in [-0.05, 0) is 107 Å². The molecule has 0 aromatic heterocycles. The lowest BCUT2D eigenvalue weighted by Gasteiger charge is -2.35. The normalized spacial score (nSPS) is 26.5. The van der Waals surface area contributed by atoms with E-state index in [4.69, 9.17) is 16.3 Å². The molecule has 6 nitrogen and oxygen atoms in total. The molecule has 0 radical (unpaired) electrons. The Kier molecular flexibility index (Phi) is 9.52. The van der Waals surface area contributed by atoms with Gasteiger partial charge in [0.15, 0.2) is 0 Å². The van der Waals surface area contributed by atoms with Gasteiger partial charge in [-0.3, -0.25) is 0 Å². The first-order valence-corrected chi connectivity index (χ1v) is 15.0. The second kappa shape index (κ2) is 12.2. The second-order valence-corrected chi connectivity index (χ2v) is 12.9. The van der Waals surface area contributed by atoms with E-state index in [-0.39, 0.29) is 6.04 Å². The second-order valence-electron chi connectivity index (χ2n) is 9.87. The fourth-order valence-electron chi connectivity index (χ4n) is 5.43. The largest absolute Gasteiger partial charge is 0.379 e. The van der Waals surface area contributed by atoms with Crippen molar-refractivity contribution in [3.05, 3.63) is 33.3 Å². The van der Waals surface area contributed by atoms with Crippen molar-refractivity contribution in [2.24, 2.45) is 11.8 Å². The standard InChI is InChI=1S/C24H37BrClN3O3S/c25-24-6-3-22(26)18-21(24)17-20-8-11-28(12-9-20)10-7-19-1-4-23(5-2-19)27-33(30,31)29-13-15-32-16-14-29/h3,6,18-20,23,27H,1-2,4-5,7-17H2/t19-,23-. The number of likely N-dealkylation sites (tertiary alicyclic amines) is 1. The molecule has 0 spiro atoms. The van der Waals surface area contributed by atoms with E-state index in [9.17, 15) is 8.42 Å². The first-order valence-electron chi connectivity index (χ1n) is 12.4. The van der Waals surface area contributed by atoms with Crippen LogP contribution in [0.15, 0.2) is 22.7 Å². The zero-order chi connectivity index (χ0) is 23.3. The van der Waals surface area contributed by atoms with Crippen molar-refractivity contribution in [2.75, 3.05) is 45.9 Å². The van der Waals surface area contributed by atoms with Crippen molar-refractivity contribution in [3.8, 4) is 0 Å². The van der Waals surface area contributed by atoms with Gasteiger partial charge >= 0.3 is 0 Å². The summed E-state index contributed by atoms with van der Waals surface area (Å²) in [6.45, 7) is 5.42. The third kappa shape index (κ3) is 7.63. The van der Waals surface area contributed by atoms with E-state index in [0.717, 1.165) is 47.5 Å². The molecule has 2 saturated heterocycles. The van der Waals surface area contributed by atoms with Gasteiger partial charge in [0.2, 0.25) is 0 Å². The maximum Gasteiger partial charge on any atom is 0.279 e. The Labute approximate surface area is 212 Å². The third-order valence-corrected chi connectivity index (χ3v) is 10.2. The number of halogens is 2. The van der Waals surface area contributed by atoms with Crippen LogP contribution in [0.2, 0.25) is 5.02 Å². The van der Waals surface area contributed by atoms with Gasteiger partial charge in [-0.2, -0.15) is 17.4 Å². The minimum Gasteiger partial charge on any atom is -0.379 e. The molecule has 2 aliphatic heterocycles. The highest BCUT2D eigenvalue weighted by molar-refractivity contribution is 9.10. The number of morpholine rings is 1. The molecular weight excluding hydrogens is 526 g/mol. The summed E-state index contributed by atoms with van der Waals surface area (Å²) in [5.41, 5.74) is 1.32. The molecule has 2 heterocycles. The van der Waals surface area contributed by atoms with Gasteiger partial charge in [-0.25, -0.2) is 0 Å². The molecule has 0 unspecified atom stereocenters. The van der Waals surface area contributed by atoms with Crippen molar-refractivity contribution >= 4 is 37.7 Å². The molecule has 1 saturated carbocycles. The summed E-state index contributed by atoms with van der Waals surface area (Å²) in [6.07, 6.45) is 8.96. The molecule has 186 valence electrons. The lowest BCUT2D eigenvalue weighted by atomic mass is 9.84. The Bertz CT molecular complexity index is 866. The Morgan fingerprint density at radius 2 is 1.70 bits per heavy atom. The summed E-state index contributed by atoms with van der Waals surface area (Å²) in [7, 11) is -3.38. The predicted octanol–water partition coefficient (Wildman–Crippen LogP) is 4.47. The van der Waals surface area contributed by atoms with Crippen LogP contribution in [0, 0.1) is 11.8 Å². The number of hydrogen-bond donors (Lipinski definition) is 1. The van der Waals surface area contributed by atoms with Crippen molar-refractivity contribution < 1.29 is 13.2 Å². The van der Waals surface area contributed by atoms with E-state index in [0.29, 0.717) is 32.2 Å². The van der Waals surface area contributed by atoms with Crippen LogP contribution < -0.4 is 4.72 Å². The van der Waals surface area contributed by atoms with Crippen LogP contribution in [0.3, 0.4) is 0 Å². The van der Waals surface area contributed by atoms with E-state index in [1.807, 2.05) is 6.07 Å². The van der Waals surface area contributed by atoms with Gasteiger partial charge in [-0.15, -0.1) is 0 Å². The molecule has 0 atom stereocenters. The molecule has 0 bridgehead atoms. The number of rotatable bonds is 8. The molecule has 4 rings (SSSR count). The number of nitrogens with one attached hydrogen (secondary N) is 1. The molecule has 1 aliphatic carbocycles. The summed E-state index contributed by atoms with van der Waals surface area (Å²) in [6, 6.07) is 6.16. The van der Waals surface area contributed by atoms with Crippen molar-refractivity contribution in [1.82, 2.24) is 13.9 Å². The van der Waals surface area contributed by atoms with E-state index in [1.54, 1.807) is 0 Å². The SMILES string of the molecule is O=S(=O)(N[C@H]1CC[C@H](CCN2CCC(Cc3cc(Cl)ccc3Br)CC2)CC1)N1CCOCC1. The molecule has 0 amide bonds. The van der Waals surface area contributed by atoms with Gasteiger partial charge < -0.3 is 9.64 Å². The smallest absolute Gasteiger partial charge is 0.279 e. The zero-order valence-corrected chi connectivity index (χ0v) is 22.5. The average Bonchev–Trinajstić information content (AvgIpc) is 2.82. The predicted molar refractivity (Wildman–Crippen MR) is 137 cm³/mol. The molecule has 3 aliphatic rings. The number of hydrogen-bond acceptors (Lipinski definition) is 4. The number of ether oxygens (including phenoxy) is 1. The summed E-state index contributed by atoms with van der Waals surface area (Å²) in [5.74, 6) is 1.44. The van der Waals surface area contributed by atoms with Crippen LogP contribution in [0.5, 0.6) is 0 Å². The van der Waals surface area contributed by atoms with Gasteiger partial charge in [0, 0.05) is 28.6 Å². The fraction of sp³-hybridized carbons (Fsp3) is 0.750. The lowest BCUT2D eigenvalue weighted by Crippen LogP contribution is -2.50. The van der Waals surface area contributed by atoms with E-state index in [1.165, 1.54) is 48.8 Å². The molecule has 1 N–H and O–H groups in total. The quantitative estimate of drug-likeness (QED) is 0.508. The number of nitrogens with zero attached hydrogens (tertiary/aromatic N) is 2. The minimum absolute atomic E-state index is 0.0793. The maximum absolute atomic E-state index is 12.6. The molecule has 33 heavy (non-hydrogen) atoms. The summed E-state index contributed by atoms with van der Waals surface area (Å²) >= 11 is 9.84. The van der Waals surface area contributed by atoms with E-state index in [2.05, 4.69) is 37.7 Å². The highest BCUT2D eigenvalue weighted by atomic mass is 79.9. The number of benzene rings is 1. The van der Waals surface area contributed by atoms with Crippen molar-refractivity contribution in [3.63, 3.8) is 0 Å². The topological polar surface area (TPSA) is 61.9 Å². The molecular formula is C24H37BrClN3O3S. The molecule has 1 aromatic carbocycles. The van der Waals surface area contributed by atoms with Gasteiger partial charge in [0.05, 0.1) is 13.2 Å². The lowest BCUT2D eigenvalue weighted by molar-refractivity contribution is 0.0721. The summed E-state index contributed by atoms with van der Waals surface area (Å²) in [4.78, 5) is 2.62. The molecule has 3 fully saturated rings. The van der Waals surface area contributed by atoms with Gasteiger partial charge in [0.1, 0.15) is 0 Å². The highest BCUT2D eigenvalue weighted by Crippen LogP contribution is 2.30. The van der Waals surface area contributed by atoms with Gasteiger partial charge in [-0.1, -0.05) is 27.5 Å². The van der Waals surface area contributed by atoms with E-state index >= 15 is 0 Å². The average molecular weight is 563 g/mol. The van der Waals surface area contributed by atoms with Crippen LogP contribution in [0.4, 0.5) is 0 Å². The van der Waals surface area contributed by atoms with Crippen LogP contribution in [0.25, 0.3) is 0 Å². The first kappa shape index (κ1) is 25.9.